The summed E-state index contributed by atoms with van der Waals surface area (Å²) in [4.78, 5) is 14.0. The number of carbonyl (C=O) groups is 1. The summed E-state index contributed by atoms with van der Waals surface area (Å²) in [5.41, 5.74) is 4.95. The maximum atomic E-state index is 11.5. The summed E-state index contributed by atoms with van der Waals surface area (Å²) in [6, 6.07) is 0. The number of nitrogens with two attached hydrogens (primary N) is 1. The van der Waals surface area contributed by atoms with Gasteiger partial charge < -0.3 is 16.0 Å². The van der Waals surface area contributed by atoms with E-state index in [0.717, 1.165) is 44.9 Å². The smallest absolute Gasteiger partial charge is 0.237 e. The van der Waals surface area contributed by atoms with Crippen LogP contribution in [0.5, 0.6) is 0 Å². The van der Waals surface area contributed by atoms with Crippen LogP contribution < -0.4 is 11.1 Å². The molecule has 17 heavy (non-hydrogen) atoms. The Morgan fingerprint density at radius 3 is 2.76 bits per heavy atom. The molecule has 0 bridgehead atoms. The third-order valence-electron chi connectivity index (χ3n) is 3.75. The van der Waals surface area contributed by atoms with Gasteiger partial charge >= 0.3 is 0 Å². The minimum absolute atomic E-state index is 0.238. The highest BCUT2D eigenvalue weighted by Gasteiger charge is 2.31. The van der Waals surface area contributed by atoms with Gasteiger partial charge in [0.15, 0.2) is 0 Å². The predicted molar refractivity (Wildman–Crippen MR) is 70.7 cm³/mol. The van der Waals surface area contributed by atoms with Gasteiger partial charge in [-0.05, 0) is 45.2 Å². The van der Waals surface area contributed by atoms with E-state index in [1.54, 1.807) is 0 Å². The topological polar surface area (TPSA) is 58.4 Å². The Bertz CT molecular complexity index is 257. The Kier molecular flexibility index (Phi) is 5.40. The van der Waals surface area contributed by atoms with Crippen molar-refractivity contribution in [1.82, 2.24) is 10.2 Å². The van der Waals surface area contributed by atoms with Gasteiger partial charge in [0.2, 0.25) is 5.91 Å². The molecule has 4 nitrogen and oxygen atoms in total. The molecule has 100 valence electrons. The highest BCUT2D eigenvalue weighted by atomic mass is 16.1. The highest BCUT2D eigenvalue weighted by molar-refractivity contribution is 5.84. The Hall–Kier alpha value is -0.610. The molecular formula is C13H27N3O. The Morgan fingerprint density at radius 1 is 1.59 bits per heavy atom. The summed E-state index contributed by atoms with van der Waals surface area (Å²) in [6.07, 6.45) is 3.09. The number of likely N-dealkylation sites (tertiary alicyclic amines) is 1. The van der Waals surface area contributed by atoms with E-state index in [2.05, 4.69) is 24.1 Å². The maximum Gasteiger partial charge on any atom is 0.237 e. The first-order valence-electron chi connectivity index (χ1n) is 6.75. The fraction of sp³-hybridized carbons (Fsp3) is 0.923. The van der Waals surface area contributed by atoms with Gasteiger partial charge in [0.25, 0.3) is 0 Å². The number of primary amides is 1. The van der Waals surface area contributed by atoms with Crippen molar-refractivity contribution < 1.29 is 4.79 Å². The van der Waals surface area contributed by atoms with Crippen LogP contribution in [0.1, 0.15) is 40.0 Å². The van der Waals surface area contributed by atoms with E-state index in [-0.39, 0.29) is 5.91 Å². The first kappa shape index (κ1) is 14.5. The average Bonchev–Trinajstić information content (AvgIpc) is 2.69. The molecule has 1 saturated heterocycles. The largest absolute Gasteiger partial charge is 0.368 e. The predicted octanol–water partition coefficient (Wildman–Crippen LogP) is 0.962. The quantitative estimate of drug-likeness (QED) is 0.698. The molecule has 0 saturated carbocycles. The molecule has 1 amide bonds. The van der Waals surface area contributed by atoms with Crippen molar-refractivity contribution in [2.45, 2.75) is 45.6 Å². The average molecular weight is 241 g/mol. The summed E-state index contributed by atoms with van der Waals surface area (Å²) in [5.74, 6) is 0.552. The zero-order valence-corrected chi connectivity index (χ0v) is 11.5. The molecule has 2 unspecified atom stereocenters. The molecule has 0 aliphatic carbocycles. The van der Waals surface area contributed by atoms with Crippen molar-refractivity contribution >= 4 is 5.91 Å². The van der Waals surface area contributed by atoms with Crippen molar-refractivity contribution in [3.05, 3.63) is 0 Å². The van der Waals surface area contributed by atoms with Gasteiger partial charge in [0.1, 0.15) is 0 Å². The summed E-state index contributed by atoms with van der Waals surface area (Å²) in [7, 11) is 0. The lowest BCUT2D eigenvalue weighted by Gasteiger charge is -2.29. The van der Waals surface area contributed by atoms with Gasteiger partial charge in [0.05, 0.1) is 5.54 Å². The van der Waals surface area contributed by atoms with Crippen molar-refractivity contribution in [3.63, 3.8) is 0 Å². The van der Waals surface area contributed by atoms with Crippen LogP contribution in [-0.2, 0) is 4.79 Å². The second kappa shape index (κ2) is 6.36. The number of carbonyl (C=O) groups excluding carboxylic acids is 1. The summed E-state index contributed by atoms with van der Waals surface area (Å²) < 4.78 is 0. The molecule has 2 atom stereocenters. The second-order valence-electron chi connectivity index (χ2n) is 5.57. The van der Waals surface area contributed by atoms with E-state index in [1.807, 2.05) is 6.92 Å². The number of nitrogens with one attached hydrogen (secondary N) is 1. The Labute approximate surface area is 105 Å². The number of hydrogen-bond acceptors (Lipinski definition) is 3. The minimum atomic E-state index is -0.554. The fourth-order valence-electron chi connectivity index (χ4n) is 2.31. The van der Waals surface area contributed by atoms with Crippen LogP contribution in [0.4, 0.5) is 0 Å². The normalized spacial score (nSPS) is 24.8. The number of nitrogens with zero attached hydrogens (tertiary/aromatic N) is 1. The lowest BCUT2D eigenvalue weighted by atomic mass is 9.96. The van der Waals surface area contributed by atoms with Gasteiger partial charge in [-0.3, -0.25) is 4.79 Å². The molecule has 4 heteroatoms. The van der Waals surface area contributed by atoms with Gasteiger partial charge in [0, 0.05) is 13.1 Å². The molecule has 0 radical (unpaired) electrons. The molecule has 3 N–H and O–H groups in total. The van der Waals surface area contributed by atoms with Crippen molar-refractivity contribution in [2.24, 2.45) is 11.7 Å². The van der Waals surface area contributed by atoms with E-state index in [4.69, 9.17) is 5.73 Å². The SMILES string of the molecule is CCCNC(C)(CCN1CCC(C)C1)C(N)=O. The molecule has 1 aliphatic rings. The van der Waals surface area contributed by atoms with Crippen molar-refractivity contribution in [3.8, 4) is 0 Å². The van der Waals surface area contributed by atoms with Crippen LogP contribution >= 0.6 is 0 Å². The van der Waals surface area contributed by atoms with Crippen molar-refractivity contribution in [1.29, 1.82) is 0 Å². The van der Waals surface area contributed by atoms with Crippen LogP contribution in [0.3, 0.4) is 0 Å². The Morgan fingerprint density at radius 2 is 2.29 bits per heavy atom. The van der Waals surface area contributed by atoms with Crippen LogP contribution in [0.2, 0.25) is 0 Å². The van der Waals surface area contributed by atoms with E-state index in [1.165, 1.54) is 6.42 Å². The van der Waals surface area contributed by atoms with Gasteiger partial charge in [-0.1, -0.05) is 13.8 Å². The van der Waals surface area contributed by atoms with E-state index in [9.17, 15) is 4.79 Å². The van der Waals surface area contributed by atoms with E-state index in [0.29, 0.717) is 0 Å². The van der Waals surface area contributed by atoms with E-state index >= 15 is 0 Å². The molecule has 1 aliphatic heterocycles. The summed E-state index contributed by atoms with van der Waals surface area (Å²) >= 11 is 0. The number of amides is 1. The molecule has 0 aromatic carbocycles. The minimum Gasteiger partial charge on any atom is -0.368 e. The first-order chi connectivity index (χ1) is 7.98. The van der Waals surface area contributed by atoms with Crippen LogP contribution in [0.25, 0.3) is 0 Å². The number of hydrogen-bond donors (Lipinski definition) is 2. The van der Waals surface area contributed by atoms with Crippen LogP contribution in [0, 0.1) is 5.92 Å². The number of rotatable bonds is 7. The van der Waals surface area contributed by atoms with Gasteiger partial charge in [-0.25, -0.2) is 0 Å². The van der Waals surface area contributed by atoms with Crippen LogP contribution in [-0.4, -0.2) is 42.5 Å². The monoisotopic (exact) mass is 241 g/mol. The van der Waals surface area contributed by atoms with Crippen molar-refractivity contribution in [2.75, 3.05) is 26.2 Å². The zero-order chi connectivity index (χ0) is 12.9. The lowest BCUT2D eigenvalue weighted by molar-refractivity contribution is -0.124. The summed E-state index contributed by atoms with van der Waals surface area (Å²) in [6.45, 7) is 10.4. The second-order valence-corrected chi connectivity index (χ2v) is 5.57. The zero-order valence-electron chi connectivity index (χ0n) is 11.5. The third-order valence-corrected chi connectivity index (χ3v) is 3.75. The van der Waals surface area contributed by atoms with Gasteiger partial charge in [-0.2, -0.15) is 0 Å². The highest BCUT2D eigenvalue weighted by Crippen LogP contribution is 2.17. The molecule has 1 rings (SSSR count). The standard InChI is InChI=1S/C13H27N3O/c1-4-7-15-13(3,12(14)17)6-9-16-8-5-11(2)10-16/h11,15H,4-10H2,1-3H3,(H2,14,17). The Balaban J connectivity index is 2.41. The molecular weight excluding hydrogens is 214 g/mol. The van der Waals surface area contributed by atoms with Crippen LogP contribution in [0.15, 0.2) is 0 Å². The lowest BCUT2D eigenvalue weighted by Crippen LogP contribution is -2.54. The molecule has 1 fully saturated rings. The maximum absolute atomic E-state index is 11.5. The molecule has 1 heterocycles. The first-order valence-corrected chi connectivity index (χ1v) is 6.75. The van der Waals surface area contributed by atoms with Gasteiger partial charge in [-0.15, -0.1) is 0 Å². The molecule has 0 aromatic heterocycles. The van der Waals surface area contributed by atoms with E-state index < -0.39 is 5.54 Å². The third kappa shape index (κ3) is 4.28. The summed E-state index contributed by atoms with van der Waals surface area (Å²) in [5, 5.41) is 3.28. The fourth-order valence-corrected chi connectivity index (χ4v) is 2.31. The molecule has 0 aromatic rings. The molecule has 0 spiro atoms.